The van der Waals surface area contributed by atoms with Crippen molar-refractivity contribution in [3.05, 3.63) is 69.5 Å². The predicted octanol–water partition coefficient (Wildman–Crippen LogP) is 5.61. The van der Waals surface area contributed by atoms with E-state index in [4.69, 9.17) is 11.6 Å². The van der Waals surface area contributed by atoms with E-state index in [0.717, 1.165) is 28.4 Å². The van der Waals surface area contributed by atoms with Gasteiger partial charge in [-0.2, -0.15) is 13.2 Å². The zero-order chi connectivity index (χ0) is 26.3. The number of sulfonamides is 1. The van der Waals surface area contributed by atoms with Crippen LogP contribution in [0.25, 0.3) is 5.69 Å². The molecule has 35 heavy (non-hydrogen) atoms. The third kappa shape index (κ3) is 5.51. The third-order valence-electron chi connectivity index (χ3n) is 5.46. The van der Waals surface area contributed by atoms with Crippen LogP contribution in [0, 0.1) is 6.92 Å². The van der Waals surface area contributed by atoms with Crippen LogP contribution in [0.4, 0.5) is 13.2 Å². The van der Waals surface area contributed by atoms with Crippen molar-refractivity contribution in [3.63, 3.8) is 0 Å². The Morgan fingerprint density at radius 3 is 2.26 bits per heavy atom. The van der Waals surface area contributed by atoms with Gasteiger partial charge < -0.3 is 0 Å². The van der Waals surface area contributed by atoms with Gasteiger partial charge in [0.2, 0.25) is 0 Å². The van der Waals surface area contributed by atoms with Gasteiger partial charge in [-0.05, 0) is 54.2 Å². The van der Waals surface area contributed by atoms with Gasteiger partial charge in [0.15, 0.2) is 5.69 Å². The van der Waals surface area contributed by atoms with E-state index in [0.29, 0.717) is 5.56 Å². The van der Waals surface area contributed by atoms with Crippen LogP contribution in [0.1, 0.15) is 72.4 Å². The standard InChI is InChI=1S/C23H24ClF3N4O3S/c1-12(2)15-6-8-17(13(3)4)20(10-15)35(33,34)29-22(32)21-14(5)31(30-28-21)19-9-7-16(11-18(19)24)23(25,26)27/h6-13H,1-5H3,(H,29,32). The summed E-state index contributed by atoms with van der Waals surface area (Å²) in [5.41, 5.74) is 0.235. The van der Waals surface area contributed by atoms with Crippen molar-refractivity contribution in [1.29, 1.82) is 0 Å². The second-order valence-electron chi connectivity index (χ2n) is 8.64. The van der Waals surface area contributed by atoms with E-state index in [-0.39, 0.29) is 38.8 Å². The fourth-order valence-corrected chi connectivity index (χ4v) is 5.08. The molecule has 1 N–H and O–H groups in total. The Bertz CT molecular complexity index is 1380. The van der Waals surface area contributed by atoms with E-state index in [1.165, 1.54) is 6.92 Å². The van der Waals surface area contributed by atoms with Crippen LogP contribution in [0.15, 0.2) is 41.3 Å². The summed E-state index contributed by atoms with van der Waals surface area (Å²) in [7, 11) is -4.27. The number of benzene rings is 2. The van der Waals surface area contributed by atoms with E-state index >= 15 is 0 Å². The summed E-state index contributed by atoms with van der Waals surface area (Å²) in [5.74, 6) is -1.08. The lowest BCUT2D eigenvalue weighted by atomic mass is 9.97. The highest BCUT2D eigenvalue weighted by molar-refractivity contribution is 7.90. The van der Waals surface area contributed by atoms with Gasteiger partial charge in [0.1, 0.15) is 0 Å². The first-order chi connectivity index (χ1) is 16.1. The fourth-order valence-electron chi connectivity index (χ4n) is 3.47. The van der Waals surface area contributed by atoms with Crippen molar-refractivity contribution in [3.8, 4) is 5.69 Å². The van der Waals surface area contributed by atoms with Crippen LogP contribution in [-0.2, 0) is 16.2 Å². The molecular weight excluding hydrogens is 505 g/mol. The predicted molar refractivity (Wildman–Crippen MR) is 125 cm³/mol. The monoisotopic (exact) mass is 528 g/mol. The number of rotatable bonds is 6. The molecule has 3 rings (SSSR count). The number of hydrogen-bond acceptors (Lipinski definition) is 5. The van der Waals surface area contributed by atoms with E-state index in [9.17, 15) is 26.4 Å². The van der Waals surface area contributed by atoms with Crippen LogP contribution >= 0.6 is 11.6 Å². The Morgan fingerprint density at radius 1 is 1.06 bits per heavy atom. The second-order valence-corrected chi connectivity index (χ2v) is 10.7. The molecule has 0 saturated carbocycles. The molecule has 3 aromatic rings. The van der Waals surface area contributed by atoms with E-state index in [2.05, 4.69) is 10.3 Å². The SMILES string of the molecule is Cc1c(C(=O)NS(=O)(=O)c2cc(C(C)C)ccc2C(C)C)nnn1-c1ccc(C(F)(F)F)cc1Cl. The van der Waals surface area contributed by atoms with Crippen molar-refractivity contribution >= 4 is 27.5 Å². The lowest BCUT2D eigenvalue weighted by molar-refractivity contribution is -0.137. The average molecular weight is 529 g/mol. The minimum Gasteiger partial charge on any atom is -0.266 e. The van der Waals surface area contributed by atoms with Crippen molar-refractivity contribution < 1.29 is 26.4 Å². The van der Waals surface area contributed by atoms with Crippen molar-refractivity contribution in [2.45, 2.75) is 57.5 Å². The largest absolute Gasteiger partial charge is 0.416 e. The Labute approximate surface area is 206 Å². The maximum absolute atomic E-state index is 13.2. The Balaban J connectivity index is 1.96. The Morgan fingerprint density at radius 2 is 1.71 bits per heavy atom. The summed E-state index contributed by atoms with van der Waals surface area (Å²) in [4.78, 5) is 12.9. The molecule has 0 atom stereocenters. The van der Waals surface area contributed by atoms with E-state index in [1.807, 2.05) is 38.5 Å². The van der Waals surface area contributed by atoms with E-state index in [1.54, 1.807) is 12.1 Å². The zero-order valence-corrected chi connectivity index (χ0v) is 21.2. The summed E-state index contributed by atoms with van der Waals surface area (Å²) < 4.78 is 68.3. The first-order valence-electron chi connectivity index (χ1n) is 10.6. The lowest BCUT2D eigenvalue weighted by Gasteiger charge is -2.16. The van der Waals surface area contributed by atoms with Gasteiger partial charge in [-0.3, -0.25) is 4.79 Å². The molecule has 0 spiro atoms. The molecule has 0 aliphatic rings. The maximum atomic E-state index is 13.2. The highest BCUT2D eigenvalue weighted by atomic mass is 35.5. The van der Waals surface area contributed by atoms with Crippen LogP contribution in [0.5, 0.6) is 0 Å². The van der Waals surface area contributed by atoms with Crippen LogP contribution in [0.3, 0.4) is 0 Å². The molecule has 1 aromatic heterocycles. The number of carbonyl (C=O) groups is 1. The van der Waals surface area contributed by atoms with Gasteiger partial charge in [0, 0.05) is 0 Å². The molecule has 0 aliphatic carbocycles. The Hall–Kier alpha value is -2.92. The molecule has 0 radical (unpaired) electrons. The van der Waals surface area contributed by atoms with Crippen LogP contribution in [-0.4, -0.2) is 29.3 Å². The van der Waals surface area contributed by atoms with Crippen molar-refractivity contribution in [1.82, 2.24) is 19.7 Å². The molecule has 188 valence electrons. The van der Waals surface area contributed by atoms with E-state index < -0.39 is 27.7 Å². The number of hydrogen-bond donors (Lipinski definition) is 1. The molecular formula is C23H24ClF3N4O3S. The first-order valence-corrected chi connectivity index (χ1v) is 12.5. The van der Waals surface area contributed by atoms with Crippen molar-refractivity contribution in [2.75, 3.05) is 0 Å². The molecule has 0 fully saturated rings. The molecule has 1 heterocycles. The summed E-state index contributed by atoms with van der Waals surface area (Å²) in [6.45, 7) is 8.96. The molecule has 0 bridgehead atoms. The van der Waals surface area contributed by atoms with Gasteiger partial charge in [-0.15, -0.1) is 5.10 Å². The number of aromatic nitrogens is 3. The fraction of sp³-hybridized carbons (Fsp3) is 0.348. The molecule has 7 nitrogen and oxygen atoms in total. The molecule has 0 unspecified atom stereocenters. The lowest BCUT2D eigenvalue weighted by Crippen LogP contribution is -2.32. The number of halogens is 4. The minimum absolute atomic E-state index is 0.0112. The van der Waals surface area contributed by atoms with Crippen LogP contribution < -0.4 is 4.72 Å². The molecule has 12 heteroatoms. The quantitative estimate of drug-likeness (QED) is 0.448. The number of alkyl halides is 3. The zero-order valence-electron chi connectivity index (χ0n) is 19.6. The van der Waals surface area contributed by atoms with Crippen LogP contribution in [0.2, 0.25) is 5.02 Å². The van der Waals surface area contributed by atoms with Crippen molar-refractivity contribution in [2.24, 2.45) is 0 Å². The molecule has 2 aromatic carbocycles. The number of amides is 1. The Kier molecular flexibility index (Phi) is 7.33. The molecule has 0 aliphatic heterocycles. The normalized spacial score (nSPS) is 12.4. The average Bonchev–Trinajstić information content (AvgIpc) is 3.13. The highest BCUT2D eigenvalue weighted by Gasteiger charge is 2.32. The number of nitrogens with one attached hydrogen (secondary N) is 1. The van der Waals surface area contributed by atoms with Gasteiger partial charge in [-0.1, -0.05) is 56.6 Å². The smallest absolute Gasteiger partial charge is 0.266 e. The minimum atomic E-state index is -4.58. The number of nitrogens with zero attached hydrogens (tertiary/aromatic N) is 3. The van der Waals surface area contributed by atoms with Gasteiger partial charge >= 0.3 is 6.18 Å². The topological polar surface area (TPSA) is 93.9 Å². The molecule has 1 amide bonds. The second kappa shape index (κ2) is 9.62. The van der Waals surface area contributed by atoms with Gasteiger partial charge in [0.25, 0.3) is 15.9 Å². The maximum Gasteiger partial charge on any atom is 0.416 e. The third-order valence-corrected chi connectivity index (χ3v) is 7.15. The first kappa shape index (κ1) is 26.7. The highest BCUT2D eigenvalue weighted by Crippen LogP contribution is 2.33. The van der Waals surface area contributed by atoms with Gasteiger partial charge in [-0.25, -0.2) is 17.8 Å². The number of carbonyl (C=O) groups excluding carboxylic acids is 1. The molecule has 0 saturated heterocycles. The summed E-state index contributed by atoms with van der Waals surface area (Å²) in [6, 6.07) is 7.77. The summed E-state index contributed by atoms with van der Waals surface area (Å²) in [6.07, 6.45) is -4.58. The summed E-state index contributed by atoms with van der Waals surface area (Å²) in [5, 5.41) is 7.27. The summed E-state index contributed by atoms with van der Waals surface area (Å²) >= 11 is 6.02. The van der Waals surface area contributed by atoms with Gasteiger partial charge in [0.05, 0.1) is 26.9 Å².